The number of nitrogens with zero attached hydrogens (tertiary/aromatic N) is 2. The van der Waals surface area contributed by atoms with Gasteiger partial charge in [-0.05, 0) is 31.9 Å². The monoisotopic (exact) mass is 329 g/mol. The van der Waals surface area contributed by atoms with Gasteiger partial charge in [0.15, 0.2) is 0 Å². The highest BCUT2D eigenvalue weighted by Gasteiger charge is 2.27. The Hall–Kier alpha value is -2.21. The number of ether oxygens (including phenoxy) is 1. The molecule has 1 heterocycles. The zero-order valence-corrected chi connectivity index (χ0v) is 14.1. The minimum absolute atomic E-state index is 0.0504. The van der Waals surface area contributed by atoms with Gasteiger partial charge in [-0.1, -0.05) is 18.6 Å². The predicted octanol–water partition coefficient (Wildman–Crippen LogP) is 2.02. The van der Waals surface area contributed by atoms with E-state index in [4.69, 9.17) is 4.74 Å². The minimum Gasteiger partial charge on any atom is -0.383 e. The smallest absolute Gasteiger partial charge is 0.261 e. The second kappa shape index (κ2) is 7.13. The quantitative estimate of drug-likeness (QED) is 0.880. The normalized spacial score (nSPS) is 15.9. The van der Waals surface area contributed by atoms with Crippen molar-refractivity contribution in [2.75, 3.05) is 13.7 Å². The average Bonchev–Trinajstić information content (AvgIpc) is 2.52. The van der Waals surface area contributed by atoms with E-state index in [0.29, 0.717) is 29.9 Å². The predicted molar refractivity (Wildman–Crippen MR) is 91.8 cm³/mol. The molecule has 0 bridgehead atoms. The van der Waals surface area contributed by atoms with Crippen LogP contribution in [0.25, 0.3) is 10.9 Å². The Morgan fingerprint density at radius 3 is 2.83 bits per heavy atom. The van der Waals surface area contributed by atoms with Gasteiger partial charge in [0.25, 0.3) is 5.56 Å². The maximum Gasteiger partial charge on any atom is 0.261 e. The summed E-state index contributed by atoms with van der Waals surface area (Å²) in [7, 11) is 1.60. The molecule has 3 rings (SSSR count). The van der Waals surface area contributed by atoms with Crippen molar-refractivity contribution in [1.29, 1.82) is 0 Å². The van der Waals surface area contributed by atoms with Gasteiger partial charge in [0.1, 0.15) is 5.82 Å². The van der Waals surface area contributed by atoms with Crippen LogP contribution in [0.3, 0.4) is 0 Å². The summed E-state index contributed by atoms with van der Waals surface area (Å²) in [6.45, 7) is 2.69. The van der Waals surface area contributed by atoms with E-state index >= 15 is 0 Å². The van der Waals surface area contributed by atoms with Gasteiger partial charge in [0, 0.05) is 13.0 Å². The summed E-state index contributed by atoms with van der Waals surface area (Å²) in [6.07, 6.45) is 3.00. The lowest BCUT2D eigenvalue weighted by molar-refractivity contribution is -0.128. The molecule has 1 aliphatic rings. The number of rotatable bonds is 6. The Bertz CT molecular complexity index is 796. The number of methoxy groups -OCH3 is 1. The number of para-hydroxylation sites is 1. The summed E-state index contributed by atoms with van der Waals surface area (Å²) in [5.41, 5.74) is 0.549. The van der Waals surface area contributed by atoms with E-state index in [9.17, 15) is 9.59 Å². The highest BCUT2D eigenvalue weighted by Crippen LogP contribution is 2.27. The van der Waals surface area contributed by atoms with Crippen molar-refractivity contribution >= 4 is 16.8 Å². The summed E-state index contributed by atoms with van der Waals surface area (Å²) in [5.74, 6) is 0.727. The fourth-order valence-electron chi connectivity index (χ4n) is 2.98. The molecule has 0 saturated heterocycles. The molecular formula is C18H23N3O3. The molecule has 1 N–H and O–H groups in total. The lowest BCUT2D eigenvalue weighted by atomic mass is 9.84. The SMILES string of the molecule is COCCn1c(C(C)NC(=O)C2CCC2)nc2ccccc2c1=O. The van der Waals surface area contributed by atoms with E-state index in [2.05, 4.69) is 10.3 Å². The summed E-state index contributed by atoms with van der Waals surface area (Å²) in [6, 6.07) is 6.95. The fourth-order valence-corrected chi connectivity index (χ4v) is 2.98. The van der Waals surface area contributed by atoms with Gasteiger partial charge < -0.3 is 10.1 Å². The zero-order chi connectivity index (χ0) is 17.1. The summed E-state index contributed by atoms with van der Waals surface area (Å²) < 4.78 is 6.73. The molecule has 128 valence electrons. The molecule has 1 aliphatic carbocycles. The first-order valence-corrected chi connectivity index (χ1v) is 8.40. The van der Waals surface area contributed by atoms with Crippen LogP contribution in [0.15, 0.2) is 29.1 Å². The third-order valence-electron chi connectivity index (χ3n) is 4.63. The molecular weight excluding hydrogens is 306 g/mol. The third kappa shape index (κ3) is 3.19. The number of carbonyl (C=O) groups excluding carboxylic acids is 1. The van der Waals surface area contributed by atoms with E-state index in [1.165, 1.54) is 0 Å². The van der Waals surface area contributed by atoms with E-state index < -0.39 is 0 Å². The van der Waals surface area contributed by atoms with Gasteiger partial charge in [0.2, 0.25) is 5.91 Å². The Morgan fingerprint density at radius 1 is 1.42 bits per heavy atom. The molecule has 2 aromatic rings. The number of benzene rings is 1. The second-order valence-electron chi connectivity index (χ2n) is 6.29. The molecule has 6 heteroatoms. The first-order valence-electron chi connectivity index (χ1n) is 8.40. The van der Waals surface area contributed by atoms with Crippen molar-refractivity contribution in [2.45, 2.75) is 38.8 Å². The molecule has 1 aromatic heterocycles. The molecule has 24 heavy (non-hydrogen) atoms. The van der Waals surface area contributed by atoms with Crippen molar-refractivity contribution in [3.8, 4) is 0 Å². The van der Waals surface area contributed by atoms with Crippen LogP contribution in [0.2, 0.25) is 0 Å². The fraction of sp³-hybridized carbons (Fsp3) is 0.500. The topological polar surface area (TPSA) is 73.2 Å². The molecule has 1 amide bonds. The molecule has 1 unspecified atom stereocenters. The lowest BCUT2D eigenvalue weighted by Crippen LogP contribution is -2.39. The van der Waals surface area contributed by atoms with Gasteiger partial charge in [-0.15, -0.1) is 0 Å². The van der Waals surface area contributed by atoms with Gasteiger partial charge in [-0.2, -0.15) is 0 Å². The molecule has 1 fully saturated rings. The molecule has 0 spiro atoms. The highest BCUT2D eigenvalue weighted by atomic mass is 16.5. The van der Waals surface area contributed by atoms with Crippen LogP contribution in [0, 0.1) is 5.92 Å². The molecule has 1 aromatic carbocycles. The minimum atomic E-state index is -0.327. The van der Waals surface area contributed by atoms with E-state index in [-0.39, 0.29) is 23.4 Å². The largest absolute Gasteiger partial charge is 0.383 e. The van der Waals surface area contributed by atoms with Crippen molar-refractivity contribution in [3.63, 3.8) is 0 Å². The number of nitrogens with one attached hydrogen (secondary N) is 1. The van der Waals surface area contributed by atoms with Crippen molar-refractivity contribution in [3.05, 3.63) is 40.4 Å². The summed E-state index contributed by atoms with van der Waals surface area (Å²) in [4.78, 5) is 29.7. The first-order chi connectivity index (χ1) is 11.6. The summed E-state index contributed by atoms with van der Waals surface area (Å²) >= 11 is 0. The second-order valence-corrected chi connectivity index (χ2v) is 6.29. The van der Waals surface area contributed by atoms with Crippen LogP contribution in [0.1, 0.15) is 38.1 Å². The van der Waals surface area contributed by atoms with Crippen molar-refractivity contribution in [1.82, 2.24) is 14.9 Å². The van der Waals surface area contributed by atoms with Gasteiger partial charge in [-0.25, -0.2) is 4.98 Å². The molecule has 0 aliphatic heterocycles. The van der Waals surface area contributed by atoms with E-state index in [1.807, 2.05) is 25.1 Å². The third-order valence-corrected chi connectivity index (χ3v) is 4.63. The Labute approximate surface area is 140 Å². The van der Waals surface area contributed by atoms with Gasteiger partial charge in [0.05, 0.1) is 30.1 Å². The van der Waals surface area contributed by atoms with Crippen molar-refractivity contribution < 1.29 is 9.53 Å². The standard InChI is InChI=1S/C18H23N3O3/c1-12(19-17(22)13-6-5-7-13)16-20-15-9-4-3-8-14(15)18(23)21(16)10-11-24-2/h3-4,8-9,12-13H,5-7,10-11H2,1-2H3,(H,19,22). The van der Waals surface area contributed by atoms with Crippen LogP contribution >= 0.6 is 0 Å². The van der Waals surface area contributed by atoms with Crippen LogP contribution < -0.4 is 10.9 Å². The number of hydrogen-bond donors (Lipinski definition) is 1. The zero-order valence-electron chi connectivity index (χ0n) is 14.1. The Balaban J connectivity index is 1.97. The van der Waals surface area contributed by atoms with Crippen LogP contribution in [-0.4, -0.2) is 29.2 Å². The maximum absolute atomic E-state index is 12.8. The number of fused-ring (bicyclic) bond motifs is 1. The molecule has 6 nitrogen and oxygen atoms in total. The van der Waals surface area contributed by atoms with Crippen LogP contribution in [0.5, 0.6) is 0 Å². The molecule has 1 saturated carbocycles. The summed E-state index contributed by atoms with van der Waals surface area (Å²) in [5, 5.41) is 3.58. The average molecular weight is 329 g/mol. The van der Waals surface area contributed by atoms with Gasteiger partial charge in [-0.3, -0.25) is 14.2 Å². The van der Waals surface area contributed by atoms with Crippen LogP contribution in [0.4, 0.5) is 0 Å². The number of amides is 1. The van der Waals surface area contributed by atoms with Gasteiger partial charge >= 0.3 is 0 Å². The molecule has 1 atom stereocenters. The highest BCUT2D eigenvalue weighted by molar-refractivity contribution is 5.80. The van der Waals surface area contributed by atoms with Crippen molar-refractivity contribution in [2.24, 2.45) is 5.92 Å². The number of hydrogen-bond acceptors (Lipinski definition) is 4. The van der Waals surface area contributed by atoms with E-state index in [1.54, 1.807) is 17.7 Å². The van der Waals surface area contributed by atoms with E-state index in [0.717, 1.165) is 19.3 Å². The first kappa shape index (κ1) is 16.6. The molecule has 0 radical (unpaired) electrons. The number of aromatic nitrogens is 2. The maximum atomic E-state index is 12.8. The Morgan fingerprint density at radius 2 is 2.17 bits per heavy atom. The Kier molecular flexibility index (Phi) is 4.94. The number of carbonyl (C=O) groups is 1. The van der Waals surface area contributed by atoms with Crippen LogP contribution in [-0.2, 0) is 16.1 Å². The lowest BCUT2D eigenvalue weighted by Gasteiger charge is -2.27.